The summed E-state index contributed by atoms with van der Waals surface area (Å²) in [4.78, 5) is 33.0. The van der Waals surface area contributed by atoms with Crippen LogP contribution in [0.15, 0.2) is 59.4 Å². The SMILES string of the molecule is Cc1c(NC(=O)CN2CCC[C@H](c3nc4ccccc4s3)C2)c(=O)n(-c2ccccc2)n1C. The highest BCUT2D eigenvalue weighted by Crippen LogP contribution is 2.32. The van der Waals surface area contributed by atoms with Crippen molar-refractivity contribution in [2.45, 2.75) is 25.7 Å². The lowest BCUT2D eigenvalue weighted by atomic mass is 9.99. The number of hydrogen-bond acceptors (Lipinski definition) is 5. The van der Waals surface area contributed by atoms with Crippen molar-refractivity contribution in [3.8, 4) is 5.69 Å². The van der Waals surface area contributed by atoms with Gasteiger partial charge in [0.1, 0.15) is 5.69 Å². The minimum absolute atomic E-state index is 0.161. The van der Waals surface area contributed by atoms with Crippen molar-refractivity contribution in [3.05, 3.63) is 75.7 Å². The molecule has 4 aromatic rings. The molecule has 8 heteroatoms. The van der Waals surface area contributed by atoms with Crippen LogP contribution in [0.1, 0.15) is 29.5 Å². The molecule has 0 unspecified atom stereocenters. The lowest BCUT2D eigenvalue weighted by Crippen LogP contribution is -2.40. The monoisotopic (exact) mass is 461 g/mol. The standard InChI is InChI=1S/C25H27N5O2S/c1-17-23(25(32)30(28(17)2)19-10-4-3-5-11-19)27-22(31)16-29-14-8-9-18(15-29)24-26-20-12-6-7-13-21(20)33-24/h3-7,10-13,18H,8-9,14-16H2,1-2H3,(H,27,31)/t18-/m0/s1. The number of nitrogens with one attached hydrogen (secondary N) is 1. The van der Waals surface area contributed by atoms with Gasteiger partial charge >= 0.3 is 0 Å². The van der Waals surface area contributed by atoms with Crippen LogP contribution in [0.2, 0.25) is 0 Å². The molecule has 2 aromatic carbocycles. The van der Waals surface area contributed by atoms with E-state index in [9.17, 15) is 9.59 Å². The van der Waals surface area contributed by atoms with Gasteiger partial charge in [-0.2, -0.15) is 0 Å². The zero-order valence-electron chi connectivity index (χ0n) is 18.8. The molecule has 1 aliphatic heterocycles. The zero-order chi connectivity index (χ0) is 22.9. The van der Waals surface area contributed by atoms with E-state index in [4.69, 9.17) is 4.98 Å². The van der Waals surface area contributed by atoms with Crippen molar-refractivity contribution >= 4 is 33.1 Å². The van der Waals surface area contributed by atoms with E-state index in [2.05, 4.69) is 16.3 Å². The number of likely N-dealkylation sites (tertiary alicyclic amines) is 1. The molecule has 1 saturated heterocycles. The van der Waals surface area contributed by atoms with Gasteiger partial charge in [0.15, 0.2) is 0 Å². The molecule has 1 atom stereocenters. The number of rotatable bonds is 5. The van der Waals surface area contributed by atoms with Crippen molar-refractivity contribution in [2.24, 2.45) is 7.05 Å². The van der Waals surface area contributed by atoms with Crippen LogP contribution in [-0.4, -0.2) is 44.8 Å². The number of carbonyl (C=O) groups excluding carboxylic acids is 1. The molecule has 3 heterocycles. The van der Waals surface area contributed by atoms with Crippen LogP contribution < -0.4 is 10.9 Å². The third-order valence-corrected chi connectivity index (χ3v) is 7.55. The lowest BCUT2D eigenvalue weighted by molar-refractivity contribution is -0.117. The second-order valence-corrected chi connectivity index (χ2v) is 9.64. The van der Waals surface area contributed by atoms with Crippen LogP contribution in [0.5, 0.6) is 0 Å². The second kappa shape index (κ2) is 8.96. The predicted octanol–water partition coefficient (Wildman–Crippen LogP) is 3.91. The maximum absolute atomic E-state index is 13.1. The highest BCUT2D eigenvalue weighted by molar-refractivity contribution is 7.18. The van der Waals surface area contributed by atoms with Gasteiger partial charge in [-0.3, -0.25) is 19.2 Å². The maximum Gasteiger partial charge on any atom is 0.295 e. The number of anilines is 1. The van der Waals surface area contributed by atoms with Gasteiger partial charge in [0.05, 0.1) is 33.2 Å². The first kappa shape index (κ1) is 21.6. The van der Waals surface area contributed by atoms with Gasteiger partial charge in [0.2, 0.25) is 5.91 Å². The summed E-state index contributed by atoms with van der Waals surface area (Å²) in [6.07, 6.45) is 2.11. The number of aromatic nitrogens is 3. The Hall–Kier alpha value is -3.23. The van der Waals surface area contributed by atoms with Crippen LogP contribution in [0.3, 0.4) is 0 Å². The molecule has 170 valence electrons. The lowest BCUT2D eigenvalue weighted by Gasteiger charge is -2.31. The second-order valence-electron chi connectivity index (χ2n) is 8.58. The molecule has 0 aliphatic carbocycles. The third kappa shape index (κ3) is 4.24. The molecule has 1 fully saturated rings. The molecule has 0 saturated carbocycles. The molecular weight excluding hydrogens is 434 g/mol. The van der Waals surface area contributed by atoms with Crippen LogP contribution in [-0.2, 0) is 11.8 Å². The van der Waals surface area contributed by atoms with E-state index in [1.165, 1.54) is 4.70 Å². The van der Waals surface area contributed by atoms with E-state index >= 15 is 0 Å². The van der Waals surface area contributed by atoms with E-state index in [1.54, 1.807) is 20.7 Å². The Morgan fingerprint density at radius 3 is 2.70 bits per heavy atom. The van der Waals surface area contributed by atoms with Gasteiger partial charge in [0, 0.05) is 19.5 Å². The van der Waals surface area contributed by atoms with Gasteiger partial charge in [-0.15, -0.1) is 11.3 Å². The number of thiazole rings is 1. The van der Waals surface area contributed by atoms with Crippen molar-refractivity contribution in [1.82, 2.24) is 19.2 Å². The van der Waals surface area contributed by atoms with E-state index in [0.29, 0.717) is 11.6 Å². The van der Waals surface area contributed by atoms with Crippen molar-refractivity contribution in [1.29, 1.82) is 0 Å². The number of benzene rings is 2. The van der Waals surface area contributed by atoms with Crippen LogP contribution >= 0.6 is 11.3 Å². The van der Waals surface area contributed by atoms with E-state index in [1.807, 2.05) is 62.5 Å². The molecule has 0 bridgehead atoms. The van der Waals surface area contributed by atoms with Crippen molar-refractivity contribution < 1.29 is 4.79 Å². The molecule has 1 N–H and O–H groups in total. The quantitative estimate of drug-likeness (QED) is 0.489. The molecule has 0 spiro atoms. The fourth-order valence-electron chi connectivity index (χ4n) is 4.56. The Morgan fingerprint density at radius 2 is 1.91 bits per heavy atom. The minimum Gasteiger partial charge on any atom is -0.319 e. The Morgan fingerprint density at radius 1 is 1.15 bits per heavy atom. The number of para-hydroxylation sites is 2. The van der Waals surface area contributed by atoms with Crippen molar-refractivity contribution in [2.75, 3.05) is 25.0 Å². The van der Waals surface area contributed by atoms with E-state index in [-0.39, 0.29) is 18.0 Å². The predicted molar refractivity (Wildman–Crippen MR) is 132 cm³/mol. The summed E-state index contributed by atoms with van der Waals surface area (Å²) >= 11 is 1.75. The fourth-order valence-corrected chi connectivity index (χ4v) is 5.65. The summed E-state index contributed by atoms with van der Waals surface area (Å²) in [5, 5.41) is 4.03. The van der Waals surface area contributed by atoms with Gasteiger partial charge in [-0.25, -0.2) is 9.67 Å². The smallest absolute Gasteiger partial charge is 0.295 e. The molecule has 1 aliphatic rings. The number of hydrogen-bond donors (Lipinski definition) is 1. The zero-order valence-corrected chi connectivity index (χ0v) is 19.6. The number of piperidine rings is 1. The summed E-state index contributed by atoms with van der Waals surface area (Å²) < 4.78 is 4.56. The van der Waals surface area contributed by atoms with Gasteiger partial charge in [0.25, 0.3) is 5.56 Å². The average Bonchev–Trinajstić information content (AvgIpc) is 3.35. The number of nitrogens with zero attached hydrogens (tertiary/aromatic N) is 4. The Labute approximate surface area is 196 Å². The molecule has 7 nitrogen and oxygen atoms in total. The molecular formula is C25H27N5O2S. The summed E-state index contributed by atoms with van der Waals surface area (Å²) in [7, 11) is 1.83. The molecule has 0 radical (unpaired) electrons. The topological polar surface area (TPSA) is 72.2 Å². The summed E-state index contributed by atoms with van der Waals surface area (Å²) in [6, 6.07) is 17.7. The van der Waals surface area contributed by atoms with Gasteiger partial charge < -0.3 is 5.32 Å². The maximum atomic E-state index is 13.1. The number of amides is 1. The summed E-state index contributed by atoms with van der Waals surface area (Å²) in [6.45, 7) is 3.78. The number of fused-ring (bicyclic) bond motifs is 1. The Kier molecular flexibility index (Phi) is 5.86. The van der Waals surface area contributed by atoms with Crippen LogP contribution in [0.25, 0.3) is 15.9 Å². The third-order valence-electron chi connectivity index (χ3n) is 6.35. The molecule has 33 heavy (non-hydrogen) atoms. The first-order valence-electron chi connectivity index (χ1n) is 11.2. The van der Waals surface area contributed by atoms with E-state index in [0.717, 1.165) is 47.8 Å². The fraction of sp³-hybridized carbons (Fsp3) is 0.320. The molecule has 2 aromatic heterocycles. The average molecular weight is 462 g/mol. The summed E-state index contributed by atoms with van der Waals surface area (Å²) in [5.41, 5.74) is 2.65. The number of carbonyl (C=O) groups is 1. The highest BCUT2D eigenvalue weighted by Gasteiger charge is 2.26. The largest absolute Gasteiger partial charge is 0.319 e. The van der Waals surface area contributed by atoms with Gasteiger partial charge in [-0.05, 0) is 50.6 Å². The summed E-state index contributed by atoms with van der Waals surface area (Å²) in [5.74, 6) is 0.170. The van der Waals surface area contributed by atoms with Crippen LogP contribution in [0, 0.1) is 6.92 Å². The van der Waals surface area contributed by atoms with E-state index < -0.39 is 0 Å². The first-order chi connectivity index (χ1) is 16.0. The molecule has 1 amide bonds. The normalized spacial score (nSPS) is 16.8. The Balaban J connectivity index is 1.29. The minimum atomic E-state index is -0.222. The highest BCUT2D eigenvalue weighted by atomic mass is 32.1. The molecule has 5 rings (SSSR count). The van der Waals surface area contributed by atoms with Crippen molar-refractivity contribution in [3.63, 3.8) is 0 Å². The van der Waals surface area contributed by atoms with Gasteiger partial charge in [-0.1, -0.05) is 30.3 Å². The van der Waals surface area contributed by atoms with Crippen LogP contribution in [0.4, 0.5) is 5.69 Å². The first-order valence-corrected chi connectivity index (χ1v) is 12.0. The Bertz CT molecular complexity index is 1320.